The highest BCUT2D eigenvalue weighted by molar-refractivity contribution is 9.10. The molecule has 16 heavy (non-hydrogen) atoms. The molecule has 1 aromatic heterocycles. The minimum Gasteiger partial charge on any atom is -0.378 e. The van der Waals surface area contributed by atoms with E-state index in [1.54, 1.807) is 11.3 Å². The third-order valence-electron chi connectivity index (χ3n) is 2.76. The zero-order valence-corrected chi connectivity index (χ0v) is 11.5. The van der Waals surface area contributed by atoms with E-state index in [2.05, 4.69) is 15.9 Å². The van der Waals surface area contributed by atoms with Crippen molar-refractivity contribution in [1.29, 1.82) is 0 Å². The number of rotatable bonds is 5. The van der Waals surface area contributed by atoms with Crippen LogP contribution in [0.2, 0.25) is 0 Å². The van der Waals surface area contributed by atoms with Gasteiger partial charge in [0, 0.05) is 34.2 Å². The summed E-state index contributed by atoms with van der Waals surface area (Å²) in [5, 5.41) is 2.02. The minimum atomic E-state index is 0.324. The minimum absolute atomic E-state index is 0.324. The summed E-state index contributed by atoms with van der Waals surface area (Å²) in [5.41, 5.74) is 0. The maximum Gasteiger partial charge on any atom is 0.138 e. The van der Waals surface area contributed by atoms with E-state index in [4.69, 9.17) is 4.74 Å². The van der Waals surface area contributed by atoms with E-state index in [0.717, 1.165) is 35.2 Å². The summed E-state index contributed by atoms with van der Waals surface area (Å²) in [6.45, 7) is 0.872. The van der Waals surface area contributed by atoms with Crippen LogP contribution in [0.5, 0.6) is 0 Å². The zero-order chi connectivity index (χ0) is 11.4. The lowest BCUT2D eigenvalue weighted by atomic mass is 10.1. The van der Waals surface area contributed by atoms with Crippen molar-refractivity contribution in [2.45, 2.75) is 38.2 Å². The quantitative estimate of drug-likeness (QED) is 0.831. The number of Topliss-reactive ketones (excluding diaryl/α,β-unsaturated/α-hetero) is 1. The van der Waals surface area contributed by atoms with Crippen LogP contribution in [0.3, 0.4) is 0 Å². The van der Waals surface area contributed by atoms with E-state index in [0.29, 0.717) is 24.7 Å². The average Bonchev–Trinajstić information content (AvgIpc) is 2.87. The van der Waals surface area contributed by atoms with Crippen molar-refractivity contribution in [3.63, 3.8) is 0 Å². The summed E-state index contributed by atoms with van der Waals surface area (Å²) in [4.78, 5) is 12.9. The monoisotopic (exact) mass is 302 g/mol. The molecule has 0 saturated carbocycles. The van der Waals surface area contributed by atoms with Gasteiger partial charge in [-0.05, 0) is 41.3 Å². The lowest BCUT2D eigenvalue weighted by molar-refractivity contribution is -0.119. The second kappa shape index (κ2) is 5.94. The second-order valence-electron chi connectivity index (χ2n) is 4.12. The Morgan fingerprint density at radius 3 is 3.12 bits per heavy atom. The molecule has 88 valence electrons. The molecule has 1 unspecified atom stereocenters. The van der Waals surface area contributed by atoms with Crippen molar-refractivity contribution < 1.29 is 9.53 Å². The van der Waals surface area contributed by atoms with Gasteiger partial charge in [0.2, 0.25) is 0 Å². The molecule has 0 N–H and O–H groups in total. The van der Waals surface area contributed by atoms with Gasteiger partial charge in [0.25, 0.3) is 0 Å². The van der Waals surface area contributed by atoms with Gasteiger partial charge in [-0.1, -0.05) is 0 Å². The summed E-state index contributed by atoms with van der Waals surface area (Å²) in [6, 6.07) is 2.02. The fraction of sp³-hybridized carbons (Fsp3) is 0.583. The van der Waals surface area contributed by atoms with Gasteiger partial charge in [0.15, 0.2) is 0 Å². The topological polar surface area (TPSA) is 26.3 Å². The number of halogens is 1. The SMILES string of the molecule is O=C(CCC1CCCO1)Cc1cc(Br)cs1. The Labute approximate surface area is 108 Å². The third-order valence-corrected chi connectivity index (χ3v) is 4.46. The number of thiophene rings is 1. The average molecular weight is 303 g/mol. The Morgan fingerprint density at radius 2 is 2.50 bits per heavy atom. The zero-order valence-electron chi connectivity index (χ0n) is 9.08. The molecule has 0 aromatic carbocycles. The fourth-order valence-corrected chi connectivity index (χ4v) is 3.40. The molecule has 0 bridgehead atoms. The number of hydrogen-bond donors (Lipinski definition) is 0. The molecule has 2 nitrogen and oxygen atoms in total. The maximum atomic E-state index is 11.7. The molecule has 1 fully saturated rings. The Morgan fingerprint density at radius 1 is 1.62 bits per heavy atom. The van der Waals surface area contributed by atoms with Gasteiger partial charge in [0.05, 0.1) is 6.10 Å². The number of ketones is 1. The van der Waals surface area contributed by atoms with E-state index in [9.17, 15) is 4.79 Å². The summed E-state index contributed by atoms with van der Waals surface area (Å²) < 4.78 is 6.57. The second-order valence-corrected chi connectivity index (χ2v) is 6.03. The number of ether oxygens (including phenoxy) is 1. The summed E-state index contributed by atoms with van der Waals surface area (Å²) in [6.07, 6.45) is 4.72. The Kier molecular flexibility index (Phi) is 4.55. The highest BCUT2D eigenvalue weighted by Crippen LogP contribution is 2.22. The standard InChI is InChI=1S/C12H15BrO2S/c13-9-6-12(16-8-9)7-10(14)3-4-11-2-1-5-15-11/h6,8,11H,1-5,7H2. The summed E-state index contributed by atoms with van der Waals surface area (Å²) in [7, 11) is 0. The lowest BCUT2D eigenvalue weighted by Crippen LogP contribution is -2.09. The molecule has 1 atom stereocenters. The molecule has 1 aliphatic heterocycles. The van der Waals surface area contributed by atoms with Crippen LogP contribution in [0.25, 0.3) is 0 Å². The largest absolute Gasteiger partial charge is 0.378 e. The molecule has 1 aliphatic rings. The fourth-order valence-electron chi connectivity index (χ4n) is 1.92. The highest BCUT2D eigenvalue weighted by Gasteiger charge is 2.16. The van der Waals surface area contributed by atoms with Gasteiger partial charge >= 0.3 is 0 Å². The van der Waals surface area contributed by atoms with E-state index >= 15 is 0 Å². The van der Waals surface area contributed by atoms with Crippen molar-refractivity contribution in [2.24, 2.45) is 0 Å². The van der Waals surface area contributed by atoms with Crippen molar-refractivity contribution >= 4 is 33.0 Å². The van der Waals surface area contributed by atoms with Crippen LogP contribution in [-0.4, -0.2) is 18.5 Å². The molecule has 2 rings (SSSR count). The van der Waals surface area contributed by atoms with Crippen LogP contribution in [0.15, 0.2) is 15.9 Å². The molecule has 1 saturated heterocycles. The number of hydrogen-bond acceptors (Lipinski definition) is 3. The predicted octanol–water partition coefficient (Wildman–Crippen LogP) is 3.58. The van der Waals surface area contributed by atoms with Gasteiger partial charge < -0.3 is 4.74 Å². The van der Waals surface area contributed by atoms with Crippen molar-refractivity contribution in [1.82, 2.24) is 0 Å². The summed E-state index contributed by atoms with van der Waals surface area (Å²) in [5.74, 6) is 0.324. The highest BCUT2D eigenvalue weighted by atomic mass is 79.9. The van der Waals surface area contributed by atoms with Gasteiger partial charge in [-0.3, -0.25) is 4.79 Å². The summed E-state index contributed by atoms with van der Waals surface area (Å²) >= 11 is 5.03. The van der Waals surface area contributed by atoms with Crippen LogP contribution in [0, 0.1) is 0 Å². The van der Waals surface area contributed by atoms with E-state index < -0.39 is 0 Å². The van der Waals surface area contributed by atoms with Crippen molar-refractivity contribution in [3.8, 4) is 0 Å². The predicted molar refractivity (Wildman–Crippen MR) is 68.9 cm³/mol. The molecule has 0 aliphatic carbocycles. The van der Waals surface area contributed by atoms with Crippen LogP contribution in [-0.2, 0) is 16.0 Å². The first-order valence-electron chi connectivity index (χ1n) is 5.60. The molecule has 2 heterocycles. The number of carbonyl (C=O) groups is 1. The van der Waals surface area contributed by atoms with E-state index in [1.165, 1.54) is 0 Å². The van der Waals surface area contributed by atoms with Crippen LogP contribution >= 0.6 is 27.3 Å². The Balaban J connectivity index is 1.71. The molecule has 0 spiro atoms. The van der Waals surface area contributed by atoms with Crippen LogP contribution in [0.1, 0.15) is 30.6 Å². The third kappa shape index (κ3) is 3.68. The van der Waals surface area contributed by atoms with Crippen LogP contribution in [0.4, 0.5) is 0 Å². The molecular formula is C12H15BrO2S. The van der Waals surface area contributed by atoms with Gasteiger partial charge in [0.1, 0.15) is 5.78 Å². The molecule has 0 radical (unpaired) electrons. The molecule has 1 aromatic rings. The van der Waals surface area contributed by atoms with Crippen molar-refractivity contribution in [2.75, 3.05) is 6.61 Å². The molecule has 0 amide bonds. The Hall–Kier alpha value is -0.190. The lowest BCUT2D eigenvalue weighted by Gasteiger charge is -2.07. The van der Waals surface area contributed by atoms with Gasteiger partial charge in [-0.15, -0.1) is 11.3 Å². The maximum absolute atomic E-state index is 11.7. The van der Waals surface area contributed by atoms with Crippen molar-refractivity contribution in [3.05, 3.63) is 20.8 Å². The normalized spacial score (nSPS) is 20.2. The van der Waals surface area contributed by atoms with E-state index in [-0.39, 0.29) is 0 Å². The Bertz CT molecular complexity index is 356. The van der Waals surface area contributed by atoms with E-state index in [1.807, 2.05) is 11.4 Å². The molecule has 4 heteroatoms. The smallest absolute Gasteiger partial charge is 0.138 e. The first kappa shape index (κ1) is 12.3. The van der Waals surface area contributed by atoms with Crippen LogP contribution < -0.4 is 0 Å². The van der Waals surface area contributed by atoms with Gasteiger partial charge in [-0.2, -0.15) is 0 Å². The van der Waals surface area contributed by atoms with Gasteiger partial charge in [-0.25, -0.2) is 0 Å². The first-order valence-corrected chi connectivity index (χ1v) is 7.27. The molecular weight excluding hydrogens is 288 g/mol. The number of carbonyl (C=O) groups excluding carboxylic acids is 1. The first-order chi connectivity index (χ1) is 7.74.